The number of hydrogen-bond acceptors (Lipinski definition) is 2. The van der Waals surface area contributed by atoms with Crippen LogP contribution in [0.2, 0.25) is 10.0 Å². The van der Waals surface area contributed by atoms with Crippen LogP contribution in [-0.4, -0.2) is 12.3 Å². The van der Waals surface area contributed by atoms with Gasteiger partial charge in [0.2, 0.25) is 0 Å². The first-order chi connectivity index (χ1) is 14.4. The first-order valence-electron chi connectivity index (χ1n) is 10.1. The molecular formula is C26H24Cl2N2. The molecule has 0 N–H and O–H groups in total. The SMILES string of the molecule is CCN1C(=CC(=Nc2ccccc2)c2ccccc2)C(C)(C)c2cc(Cl)c(Cl)cc21. The first kappa shape index (κ1) is 20.7. The van der Waals surface area contributed by atoms with Crippen molar-refractivity contribution in [1.82, 2.24) is 0 Å². The quantitative estimate of drug-likeness (QED) is 0.382. The van der Waals surface area contributed by atoms with E-state index in [2.05, 4.69) is 43.9 Å². The monoisotopic (exact) mass is 434 g/mol. The molecule has 0 aromatic heterocycles. The van der Waals surface area contributed by atoms with Gasteiger partial charge in [-0.05, 0) is 42.8 Å². The molecular weight excluding hydrogens is 411 g/mol. The van der Waals surface area contributed by atoms with E-state index in [0.717, 1.165) is 29.2 Å². The summed E-state index contributed by atoms with van der Waals surface area (Å²) in [6.45, 7) is 7.43. The van der Waals surface area contributed by atoms with Gasteiger partial charge in [-0.3, -0.25) is 0 Å². The van der Waals surface area contributed by atoms with E-state index in [0.29, 0.717) is 10.0 Å². The van der Waals surface area contributed by atoms with Crippen molar-refractivity contribution < 1.29 is 0 Å². The Hall–Kier alpha value is -2.55. The molecule has 0 atom stereocenters. The van der Waals surface area contributed by atoms with Crippen LogP contribution in [0.5, 0.6) is 0 Å². The van der Waals surface area contributed by atoms with E-state index in [1.165, 1.54) is 11.3 Å². The van der Waals surface area contributed by atoms with Gasteiger partial charge >= 0.3 is 0 Å². The molecule has 0 fully saturated rings. The number of hydrogen-bond donors (Lipinski definition) is 0. The van der Waals surface area contributed by atoms with Gasteiger partial charge in [-0.15, -0.1) is 0 Å². The molecule has 0 aliphatic carbocycles. The van der Waals surface area contributed by atoms with Crippen molar-refractivity contribution in [1.29, 1.82) is 0 Å². The van der Waals surface area contributed by atoms with Crippen LogP contribution in [0.25, 0.3) is 0 Å². The number of anilines is 1. The number of aliphatic imine (C=N–C) groups is 1. The van der Waals surface area contributed by atoms with Gasteiger partial charge in [0, 0.05) is 28.9 Å². The Bertz CT molecular complexity index is 1120. The predicted molar refractivity (Wildman–Crippen MR) is 130 cm³/mol. The third kappa shape index (κ3) is 3.78. The Morgan fingerprint density at radius 1 is 0.933 bits per heavy atom. The summed E-state index contributed by atoms with van der Waals surface area (Å²) in [5.74, 6) is 0. The predicted octanol–water partition coefficient (Wildman–Crippen LogP) is 7.82. The van der Waals surface area contributed by atoms with Crippen LogP contribution in [0, 0.1) is 0 Å². The van der Waals surface area contributed by atoms with E-state index in [-0.39, 0.29) is 5.41 Å². The molecule has 0 saturated carbocycles. The third-order valence-electron chi connectivity index (χ3n) is 5.60. The van der Waals surface area contributed by atoms with E-state index in [1.807, 2.05) is 60.7 Å². The molecule has 0 unspecified atom stereocenters. The Balaban J connectivity index is 1.90. The lowest BCUT2D eigenvalue weighted by Crippen LogP contribution is -2.27. The number of fused-ring (bicyclic) bond motifs is 1. The van der Waals surface area contributed by atoms with Crippen LogP contribution >= 0.6 is 23.2 Å². The highest BCUT2D eigenvalue weighted by Crippen LogP contribution is 2.50. The van der Waals surface area contributed by atoms with Gasteiger partial charge in [-0.25, -0.2) is 4.99 Å². The Labute approximate surface area is 188 Å². The number of benzene rings is 3. The van der Waals surface area contributed by atoms with Crippen molar-refractivity contribution in [3.63, 3.8) is 0 Å². The summed E-state index contributed by atoms with van der Waals surface area (Å²) in [6, 6.07) is 24.3. The van der Waals surface area contributed by atoms with Crippen LogP contribution in [0.15, 0.2) is 89.6 Å². The third-order valence-corrected chi connectivity index (χ3v) is 6.32. The summed E-state index contributed by atoms with van der Waals surface area (Å²) in [4.78, 5) is 7.29. The van der Waals surface area contributed by atoms with Crippen LogP contribution in [-0.2, 0) is 5.41 Å². The molecule has 152 valence electrons. The standard InChI is InChI=1S/C26H24Cl2N2/c1-4-30-24-16-22(28)21(27)15-20(24)26(2,3)25(30)17-23(18-11-7-5-8-12-18)29-19-13-9-6-10-14-19/h5-17H,4H2,1-3H3. The van der Waals surface area contributed by atoms with Gasteiger partial charge in [0.05, 0.1) is 21.4 Å². The van der Waals surface area contributed by atoms with E-state index in [1.54, 1.807) is 0 Å². The summed E-state index contributed by atoms with van der Waals surface area (Å²) in [7, 11) is 0. The Morgan fingerprint density at radius 3 is 2.17 bits per heavy atom. The molecule has 1 aliphatic heterocycles. The number of nitrogens with zero attached hydrogens (tertiary/aromatic N) is 2. The number of para-hydroxylation sites is 1. The van der Waals surface area contributed by atoms with Crippen LogP contribution < -0.4 is 4.90 Å². The van der Waals surface area contributed by atoms with Gasteiger partial charge < -0.3 is 4.90 Å². The number of halogens is 2. The fraction of sp³-hybridized carbons (Fsp3) is 0.192. The highest BCUT2D eigenvalue weighted by Gasteiger charge is 2.40. The zero-order chi connectivity index (χ0) is 21.3. The normalized spacial score (nSPS) is 16.8. The summed E-state index contributed by atoms with van der Waals surface area (Å²) >= 11 is 12.7. The van der Waals surface area contributed by atoms with Gasteiger partial charge in [0.25, 0.3) is 0 Å². The lowest BCUT2D eigenvalue weighted by atomic mass is 9.83. The maximum absolute atomic E-state index is 6.37. The van der Waals surface area contributed by atoms with Crippen molar-refractivity contribution in [3.05, 3.63) is 106 Å². The molecule has 0 radical (unpaired) electrons. The second-order valence-corrected chi connectivity index (χ2v) is 8.70. The molecule has 1 aliphatic rings. The summed E-state index contributed by atoms with van der Waals surface area (Å²) in [5, 5.41) is 1.16. The minimum Gasteiger partial charge on any atom is -0.344 e. The molecule has 1 heterocycles. The zero-order valence-electron chi connectivity index (χ0n) is 17.4. The molecule has 3 aromatic carbocycles. The summed E-state index contributed by atoms with van der Waals surface area (Å²) in [5.41, 5.74) is 6.16. The molecule has 0 bridgehead atoms. The van der Waals surface area contributed by atoms with E-state index in [9.17, 15) is 0 Å². The Morgan fingerprint density at radius 2 is 1.53 bits per heavy atom. The highest BCUT2D eigenvalue weighted by molar-refractivity contribution is 6.42. The summed E-state index contributed by atoms with van der Waals surface area (Å²) in [6.07, 6.45) is 2.20. The van der Waals surface area contributed by atoms with Crippen molar-refractivity contribution in [2.75, 3.05) is 11.4 Å². The topological polar surface area (TPSA) is 15.6 Å². The molecule has 3 aromatic rings. The zero-order valence-corrected chi connectivity index (χ0v) is 18.9. The minimum absolute atomic E-state index is 0.230. The molecule has 4 heteroatoms. The molecule has 0 amide bonds. The fourth-order valence-corrected chi connectivity index (χ4v) is 4.35. The van der Waals surface area contributed by atoms with Crippen molar-refractivity contribution in [2.45, 2.75) is 26.2 Å². The number of allylic oxidation sites excluding steroid dienone is 2. The molecule has 0 saturated heterocycles. The van der Waals surface area contributed by atoms with Crippen molar-refractivity contribution >= 4 is 40.3 Å². The van der Waals surface area contributed by atoms with Gasteiger partial charge in [-0.2, -0.15) is 0 Å². The van der Waals surface area contributed by atoms with Gasteiger partial charge in [-0.1, -0.05) is 85.6 Å². The average Bonchev–Trinajstić information content (AvgIpc) is 2.95. The fourth-order valence-electron chi connectivity index (χ4n) is 4.02. The molecule has 4 rings (SSSR count). The van der Waals surface area contributed by atoms with Crippen LogP contribution in [0.1, 0.15) is 31.9 Å². The highest BCUT2D eigenvalue weighted by atomic mass is 35.5. The molecule has 0 spiro atoms. The van der Waals surface area contributed by atoms with E-state index >= 15 is 0 Å². The molecule has 30 heavy (non-hydrogen) atoms. The first-order valence-corrected chi connectivity index (χ1v) is 10.9. The van der Waals surface area contributed by atoms with E-state index in [4.69, 9.17) is 28.2 Å². The van der Waals surface area contributed by atoms with Crippen molar-refractivity contribution in [3.8, 4) is 0 Å². The summed E-state index contributed by atoms with van der Waals surface area (Å²) < 4.78 is 0. The lowest BCUT2D eigenvalue weighted by Gasteiger charge is -2.26. The van der Waals surface area contributed by atoms with Crippen LogP contribution in [0.3, 0.4) is 0 Å². The number of likely N-dealkylation sites (N-methyl/N-ethyl adjacent to an activating group) is 1. The van der Waals surface area contributed by atoms with Crippen molar-refractivity contribution in [2.24, 2.45) is 4.99 Å². The maximum Gasteiger partial charge on any atom is 0.0726 e. The van der Waals surface area contributed by atoms with E-state index < -0.39 is 0 Å². The largest absolute Gasteiger partial charge is 0.344 e. The number of rotatable bonds is 4. The smallest absolute Gasteiger partial charge is 0.0726 e. The molecule has 2 nitrogen and oxygen atoms in total. The Kier molecular flexibility index (Phi) is 5.73. The maximum atomic E-state index is 6.37. The van der Waals surface area contributed by atoms with Gasteiger partial charge in [0.15, 0.2) is 0 Å². The van der Waals surface area contributed by atoms with Crippen LogP contribution in [0.4, 0.5) is 11.4 Å². The average molecular weight is 435 g/mol. The van der Waals surface area contributed by atoms with Gasteiger partial charge in [0.1, 0.15) is 0 Å². The second kappa shape index (κ2) is 8.29. The second-order valence-electron chi connectivity index (χ2n) is 7.88. The lowest BCUT2D eigenvalue weighted by molar-refractivity contribution is 0.634. The minimum atomic E-state index is -0.230.